The lowest BCUT2D eigenvalue weighted by Crippen LogP contribution is -2.07. The molecule has 0 aliphatic rings. The van der Waals surface area contributed by atoms with E-state index < -0.39 is 0 Å². The molecule has 16 heavy (non-hydrogen) atoms. The Morgan fingerprint density at radius 2 is 1.69 bits per heavy atom. The lowest BCUT2D eigenvalue weighted by atomic mass is 10.1. The Hall–Kier alpha value is -1.35. The normalized spacial score (nSPS) is 10.4. The van der Waals surface area contributed by atoms with Crippen molar-refractivity contribution in [2.45, 2.75) is 13.8 Å². The molecule has 1 heterocycles. The summed E-state index contributed by atoms with van der Waals surface area (Å²) in [5, 5.41) is 0. The zero-order valence-electron chi connectivity index (χ0n) is 9.08. The molecular formula is C13H11BrO2. The standard InChI is InChI=1S/C13H11BrO2/c1-8-9(2)13(15)16-12(11(8)14)10-6-4-3-5-7-10/h3-7H,1-2H3. The van der Waals surface area contributed by atoms with Crippen molar-refractivity contribution >= 4 is 15.9 Å². The molecule has 82 valence electrons. The highest BCUT2D eigenvalue weighted by Gasteiger charge is 2.12. The molecule has 0 saturated carbocycles. The van der Waals surface area contributed by atoms with E-state index in [4.69, 9.17) is 4.42 Å². The maximum absolute atomic E-state index is 11.6. The lowest BCUT2D eigenvalue weighted by molar-refractivity contribution is 0.515. The fourth-order valence-corrected chi connectivity index (χ4v) is 2.08. The van der Waals surface area contributed by atoms with Crippen LogP contribution in [0.2, 0.25) is 0 Å². The minimum absolute atomic E-state index is 0.278. The minimum atomic E-state index is -0.278. The monoisotopic (exact) mass is 278 g/mol. The zero-order chi connectivity index (χ0) is 11.7. The first kappa shape index (κ1) is 11.1. The van der Waals surface area contributed by atoms with Gasteiger partial charge in [-0.25, -0.2) is 4.79 Å². The Bertz CT molecular complexity index is 570. The minimum Gasteiger partial charge on any atom is -0.421 e. The average molecular weight is 279 g/mol. The van der Waals surface area contributed by atoms with E-state index in [0.29, 0.717) is 11.3 Å². The Balaban J connectivity index is 2.73. The van der Waals surface area contributed by atoms with E-state index in [1.54, 1.807) is 6.92 Å². The van der Waals surface area contributed by atoms with Crippen LogP contribution in [-0.2, 0) is 0 Å². The topological polar surface area (TPSA) is 30.2 Å². The van der Waals surface area contributed by atoms with E-state index in [1.165, 1.54) is 0 Å². The van der Waals surface area contributed by atoms with Crippen LogP contribution in [0.5, 0.6) is 0 Å². The van der Waals surface area contributed by atoms with E-state index in [9.17, 15) is 4.79 Å². The van der Waals surface area contributed by atoms with Gasteiger partial charge in [0.05, 0.1) is 4.47 Å². The molecule has 0 amide bonds. The molecule has 0 spiro atoms. The number of hydrogen-bond donors (Lipinski definition) is 0. The van der Waals surface area contributed by atoms with Gasteiger partial charge in [0.2, 0.25) is 0 Å². The van der Waals surface area contributed by atoms with E-state index in [0.717, 1.165) is 15.6 Å². The summed E-state index contributed by atoms with van der Waals surface area (Å²) in [6.45, 7) is 3.67. The van der Waals surface area contributed by atoms with E-state index in [2.05, 4.69) is 15.9 Å². The third kappa shape index (κ3) is 1.83. The van der Waals surface area contributed by atoms with Crippen molar-refractivity contribution in [1.29, 1.82) is 0 Å². The summed E-state index contributed by atoms with van der Waals surface area (Å²) in [4.78, 5) is 11.6. The molecule has 2 rings (SSSR count). The third-order valence-electron chi connectivity index (χ3n) is 2.63. The zero-order valence-corrected chi connectivity index (χ0v) is 10.7. The number of halogens is 1. The van der Waals surface area contributed by atoms with Gasteiger partial charge in [0, 0.05) is 11.1 Å². The van der Waals surface area contributed by atoms with Crippen molar-refractivity contribution in [2.24, 2.45) is 0 Å². The largest absolute Gasteiger partial charge is 0.421 e. The highest BCUT2D eigenvalue weighted by atomic mass is 79.9. The Kier molecular flexibility index (Phi) is 2.97. The van der Waals surface area contributed by atoms with Gasteiger partial charge in [-0.3, -0.25) is 0 Å². The molecule has 1 aromatic heterocycles. The first-order valence-electron chi connectivity index (χ1n) is 4.96. The van der Waals surface area contributed by atoms with Gasteiger partial charge in [0.1, 0.15) is 0 Å². The van der Waals surface area contributed by atoms with E-state index in [-0.39, 0.29) is 5.63 Å². The van der Waals surface area contributed by atoms with Crippen LogP contribution in [0.4, 0.5) is 0 Å². The maximum atomic E-state index is 11.6. The Labute approximate surface area is 102 Å². The van der Waals surface area contributed by atoms with Crippen LogP contribution in [0.3, 0.4) is 0 Å². The predicted molar refractivity (Wildman–Crippen MR) is 67.6 cm³/mol. The third-order valence-corrected chi connectivity index (χ3v) is 3.58. The van der Waals surface area contributed by atoms with Gasteiger partial charge in [-0.15, -0.1) is 0 Å². The molecule has 0 unspecified atom stereocenters. The van der Waals surface area contributed by atoms with Gasteiger partial charge in [-0.2, -0.15) is 0 Å². The summed E-state index contributed by atoms with van der Waals surface area (Å²) in [6, 6.07) is 9.58. The van der Waals surface area contributed by atoms with Gasteiger partial charge in [0.25, 0.3) is 0 Å². The molecule has 2 nitrogen and oxygen atoms in total. The Morgan fingerprint density at radius 3 is 2.31 bits per heavy atom. The van der Waals surface area contributed by atoms with Crippen LogP contribution in [-0.4, -0.2) is 0 Å². The second kappa shape index (κ2) is 4.26. The summed E-state index contributed by atoms with van der Waals surface area (Å²) in [5.41, 5.74) is 2.19. The van der Waals surface area contributed by atoms with Crippen LogP contribution < -0.4 is 5.63 Å². The van der Waals surface area contributed by atoms with Crippen LogP contribution >= 0.6 is 15.9 Å². The molecule has 0 aliphatic heterocycles. The van der Waals surface area contributed by atoms with E-state index in [1.807, 2.05) is 37.3 Å². The molecule has 0 atom stereocenters. The number of rotatable bonds is 1. The molecule has 0 radical (unpaired) electrons. The van der Waals surface area contributed by atoms with E-state index >= 15 is 0 Å². The molecule has 0 bridgehead atoms. The highest BCUT2D eigenvalue weighted by molar-refractivity contribution is 9.10. The predicted octanol–water partition coefficient (Wildman–Crippen LogP) is 3.69. The summed E-state index contributed by atoms with van der Waals surface area (Å²) in [7, 11) is 0. The van der Waals surface area contributed by atoms with Crippen molar-refractivity contribution in [3.8, 4) is 11.3 Å². The fraction of sp³-hybridized carbons (Fsp3) is 0.154. The number of benzene rings is 1. The lowest BCUT2D eigenvalue weighted by Gasteiger charge is -2.07. The van der Waals surface area contributed by atoms with Gasteiger partial charge in [0.15, 0.2) is 5.76 Å². The quantitative estimate of drug-likeness (QED) is 0.797. The molecule has 3 heteroatoms. The second-order valence-electron chi connectivity index (χ2n) is 3.65. The SMILES string of the molecule is Cc1c(Br)c(-c2ccccc2)oc(=O)c1C. The van der Waals surface area contributed by atoms with Crippen molar-refractivity contribution < 1.29 is 4.42 Å². The van der Waals surface area contributed by atoms with Gasteiger partial charge in [-0.05, 0) is 35.3 Å². The van der Waals surface area contributed by atoms with Gasteiger partial charge in [-0.1, -0.05) is 30.3 Å². The average Bonchev–Trinajstić information content (AvgIpc) is 2.32. The smallest absolute Gasteiger partial charge is 0.339 e. The molecule has 0 saturated heterocycles. The number of hydrogen-bond acceptors (Lipinski definition) is 2. The van der Waals surface area contributed by atoms with Crippen LogP contribution in [0, 0.1) is 13.8 Å². The molecule has 0 fully saturated rings. The molecule has 2 aromatic rings. The van der Waals surface area contributed by atoms with Gasteiger partial charge < -0.3 is 4.42 Å². The van der Waals surface area contributed by atoms with Crippen LogP contribution in [0.15, 0.2) is 44.0 Å². The second-order valence-corrected chi connectivity index (χ2v) is 4.44. The van der Waals surface area contributed by atoms with Crippen LogP contribution in [0.25, 0.3) is 11.3 Å². The molecule has 0 N–H and O–H groups in total. The van der Waals surface area contributed by atoms with Crippen molar-refractivity contribution in [3.63, 3.8) is 0 Å². The first-order chi connectivity index (χ1) is 7.61. The molecular weight excluding hydrogens is 268 g/mol. The molecule has 0 aliphatic carbocycles. The van der Waals surface area contributed by atoms with Crippen LogP contribution in [0.1, 0.15) is 11.1 Å². The fourth-order valence-electron chi connectivity index (χ4n) is 1.48. The maximum Gasteiger partial charge on any atom is 0.339 e. The summed E-state index contributed by atoms with van der Waals surface area (Å²) in [5.74, 6) is 0.591. The summed E-state index contributed by atoms with van der Waals surface area (Å²) < 4.78 is 6.15. The summed E-state index contributed by atoms with van der Waals surface area (Å²) >= 11 is 3.47. The first-order valence-corrected chi connectivity index (χ1v) is 5.76. The summed E-state index contributed by atoms with van der Waals surface area (Å²) in [6.07, 6.45) is 0. The van der Waals surface area contributed by atoms with Crippen molar-refractivity contribution in [3.05, 3.63) is 56.4 Å². The molecule has 1 aromatic carbocycles. The highest BCUT2D eigenvalue weighted by Crippen LogP contribution is 2.30. The van der Waals surface area contributed by atoms with Crippen molar-refractivity contribution in [1.82, 2.24) is 0 Å². The Morgan fingerprint density at radius 1 is 1.06 bits per heavy atom. The van der Waals surface area contributed by atoms with Gasteiger partial charge >= 0.3 is 5.63 Å². The van der Waals surface area contributed by atoms with Crippen molar-refractivity contribution in [2.75, 3.05) is 0 Å².